The van der Waals surface area contributed by atoms with Crippen LogP contribution in [0.5, 0.6) is 0 Å². The zero-order valence-corrected chi connectivity index (χ0v) is 13.8. The van der Waals surface area contributed by atoms with Crippen LogP contribution in [-0.4, -0.2) is 24.3 Å². The molecule has 1 N–H and O–H groups in total. The van der Waals surface area contributed by atoms with Gasteiger partial charge in [0.25, 0.3) is 0 Å². The van der Waals surface area contributed by atoms with Crippen LogP contribution in [0, 0.1) is 0 Å². The minimum atomic E-state index is -0.569. The van der Waals surface area contributed by atoms with Crippen LogP contribution < -0.4 is 5.32 Å². The summed E-state index contributed by atoms with van der Waals surface area (Å²) in [6.07, 6.45) is 2.93. The number of benzene rings is 1. The van der Waals surface area contributed by atoms with Gasteiger partial charge in [-0.3, -0.25) is 9.59 Å². The van der Waals surface area contributed by atoms with Gasteiger partial charge in [-0.05, 0) is 59.2 Å². The standard InChI is InChI=1S/C18H15NO4S/c1-11-14-8-13(3-4-15(14)19-18(11)22)16(20)9-23-17(21)5-2-12-6-7-24-10-12/h2-8,10-11H,9H2,1H3,(H,19,22)/b5-2+/t11-/m1/s1. The predicted molar refractivity (Wildman–Crippen MR) is 92.1 cm³/mol. The highest BCUT2D eigenvalue weighted by molar-refractivity contribution is 7.08. The molecule has 0 fully saturated rings. The van der Waals surface area contributed by atoms with Crippen molar-refractivity contribution >= 4 is 40.8 Å². The van der Waals surface area contributed by atoms with Crippen molar-refractivity contribution in [3.8, 4) is 0 Å². The molecule has 0 bridgehead atoms. The van der Waals surface area contributed by atoms with Crippen molar-refractivity contribution in [1.29, 1.82) is 0 Å². The van der Waals surface area contributed by atoms with Crippen molar-refractivity contribution in [3.05, 3.63) is 57.8 Å². The maximum absolute atomic E-state index is 12.2. The number of ketones is 1. The van der Waals surface area contributed by atoms with Gasteiger partial charge in [-0.2, -0.15) is 11.3 Å². The number of esters is 1. The molecule has 1 atom stereocenters. The molecule has 1 aromatic carbocycles. The van der Waals surface area contributed by atoms with Crippen LogP contribution in [0.25, 0.3) is 6.08 Å². The zero-order valence-electron chi connectivity index (χ0n) is 12.9. The highest BCUT2D eigenvalue weighted by Crippen LogP contribution is 2.32. The van der Waals surface area contributed by atoms with E-state index in [0.29, 0.717) is 5.56 Å². The second kappa shape index (κ2) is 6.80. The Morgan fingerprint density at radius 1 is 1.33 bits per heavy atom. The summed E-state index contributed by atoms with van der Waals surface area (Å²) < 4.78 is 4.97. The van der Waals surface area contributed by atoms with Crippen molar-refractivity contribution < 1.29 is 19.1 Å². The number of hydrogen-bond donors (Lipinski definition) is 1. The highest BCUT2D eigenvalue weighted by Gasteiger charge is 2.27. The lowest BCUT2D eigenvalue weighted by Crippen LogP contribution is -2.12. The second-order valence-corrected chi connectivity index (χ2v) is 6.21. The molecule has 24 heavy (non-hydrogen) atoms. The molecule has 1 aromatic heterocycles. The number of nitrogens with one attached hydrogen (secondary N) is 1. The molecule has 122 valence electrons. The van der Waals surface area contributed by atoms with Gasteiger partial charge in [0.1, 0.15) is 0 Å². The van der Waals surface area contributed by atoms with E-state index in [2.05, 4.69) is 5.32 Å². The van der Waals surface area contributed by atoms with Crippen LogP contribution in [0.2, 0.25) is 0 Å². The number of carbonyl (C=O) groups excluding carboxylic acids is 3. The predicted octanol–water partition coefficient (Wildman–Crippen LogP) is 3.24. The van der Waals surface area contributed by atoms with Crippen LogP contribution in [0.3, 0.4) is 0 Å². The minimum absolute atomic E-state index is 0.0837. The molecule has 0 saturated heterocycles. The quantitative estimate of drug-likeness (QED) is 0.515. The number of rotatable bonds is 5. The van der Waals surface area contributed by atoms with E-state index in [9.17, 15) is 14.4 Å². The Kier molecular flexibility index (Phi) is 4.57. The van der Waals surface area contributed by atoms with E-state index in [4.69, 9.17) is 4.74 Å². The fourth-order valence-electron chi connectivity index (χ4n) is 2.39. The zero-order chi connectivity index (χ0) is 17.1. The maximum Gasteiger partial charge on any atom is 0.331 e. The van der Waals surface area contributed by atoms with Crippen LogP contribution in [0.15, 0.2) is 41.1 Å². The summed E-state index contributed by atoms with van der Waals surface area (Å²) in [4.78, 5) is 35.4. The summed E-state index contributed by atoms with van der Waals surface area (Å²) in [7, 11) is 0. The average molecular weight is 341 g/mol. The third-order valence-electron chi connectivity index (χ3n) is 3.79. The normalized spacial score (nSPS) is 16.0. The molecule has 2 aromatic rings. The van der Waals surface area contributed by atoms with Gasteiger partial charge in [0, 0.05) is 17.3 Å². The third kappa shape index (κ3) is 3.44. The van der Waals surface area contributed by atoms with Crippen LogP contribution in [-0.2, 0) is 14.3 Å². The summed E-state index contributed by atoms with van der Waals surface area (Å²) in [5, 5.41) is 6.55. The largest absolute Gasteiger partial charge is 0.454 e. The molecule has 0 saturated carbocycles. The first-order chi connectivity index (χ1) is 11.5. The van der Waals surface area contributed by atoms with E-state index >= 15 is 0 Å². The van der Waals surface area contributed by atoms with Crippen molar-refractivity contribution in [2.24, 2.45) is 0 Å². The van der Waals surface area contributed by atoms with E-state index in [1.165, 1.54) is 17.4 Å². The summed E-state index contributed by atoms with van der Waals surface area (Å²) in [6, 6.07) is 6.87. The SMILES string of the molecule is C[C@H]1C(=O)Nc2ccc(C(=O)COC(=O)/C=C/c3ccsc3)cc21. The maximum atomic E-state index is 12.2. The summed E-state index contributed by atoms with van der Waals surface area (Å²) in [5.41, 5.74) is 2.84. The number of ether oxygens (including phenoxy) is 1. The van der Waals surface area contributed by atoms with Crippen LogP contribution in [0.1, 0.15) is 34.3 Å². The first-order valence-corrected chi connectivity index (χ1v) is 8.34. The Labute approximate surface area is 143 Å². The molecule has 0 aliphatic carbocycles. The highest BCUT2D eigenvalue weighted by atomic mass is 32.1. The fraction of sp³-hybridized carbons (Fsp3) is 0.167. The van der Waals surface area contributed by atoms with Gasteiger partial charge in [0.05, 0.1) is 5.92 Å². The Hall–Kier alpha value is -2.73. The number of hydrogen-bond acceptors (Lipinski definition) is 5. The Balaban J connectivity index is 1.60. The van der Waals surface area contributed by atoms with E-state index in [1.54, 1.807) is 31.2 Å². The van der Waals surface area contributed by atoms with Crippen molar-refractivity contribution in [1.82, 2.24) is 0 Å². The van der Waals surface area contributed by atoms with Gasteiger partial charge in [0.2, 0.25) is 5.91 Å². The Morgan fingerprint density at radius 3 is 2.92 bits per heavy atom. The molecule has 5 nitrogen and oxygen atoms in total. The van der Waals surface area contributed by atoms with Gasteiger partial charge in [-0.1, -0.05) is 0 Å². The molecule has 1 aliphatic heterocycles. The molecular formula is C18H15NO4S. The van der Waals surface area contributed by atoms with Crippen molar-refractivity contribution in [2.75, 3.05) is 11.9 Å². The van der Waals surface area contributed by atoms with Crippen molar-refractivity contribution in [3.63, 3.8) is 0 Å². The van der Waals surface area contributed by atoms with Gasteiger partial charge in [-0.15, -0.1) is 0 Å². The third-order valence-corrected chi connectivity index (χ3v) is 4.49. The lowest BCUT2D eigenvalue weighted by molar-refractivity contribution is -0.136. The molecule has 0 spiro atoms. The van der Waals surface area contributed by atoms with Gasteiger partial charge in [-0.25, -0.2) is 4.79 Å². The molecule has 1 aliphatic rings. The second-order valence-electron chi connectivity index (χ2n) is 5.43. The van der Waals surface area contributed by atoms with Gasteiger partial charge in [0.15, 0.2) is 12.4 Å². The van der Waals surface area contributed by atoms with E-state index < -0.39 is 5.97 Å². The average Bonchev–Trinajstić information content (AvgIpc) is 3.19. The lowest BCUT2D eigenvalue weighted by Gasteiger charge is -2.05. The number of Topliss-reactive ketones (excluding diaryl/α,β-unsaturated/α-hetero) is 1. The first-order valence-electron chi connectivity index (χ1n) is 7.39. The molecule has 0 unspecified atom stereocenters. The fourth-order valence-corrected chi connectivity index (χ4v) is 3.02. The summed E-state index contributed by atoms with van der Waals surface area (Å²) >= 11 is 1.53. The first kappa shape index (κ1) is 16.1. The molecule has 1 amide bonds. The summed E-state index contributed by atoms with van der Waals surface area (Å²) in [5.74, 6) is -1.24. The number of anilines is 1. The van der Waals surface area contributed by atoms with E-state index in [1.807, 2.05) is 16.8 Å². The number of amides is 1. The topological polar surface area (TPSA) is 72.5 Å². The minimum Gasteiger partial charge on any atom is -0.454 e. The monoisotopic (exact) mass is 341 g/mol. The molecule has 3 rings (SSSR count). The van der Waals surface area contributed by atoms with E-state index in [0.717, 1.165) is 16.8 Å². The molecule has 2 heterocycles. The smallest absolute Gasteiger partial charge is 0.331 e. The molecule has 0 radical (unpaired) electrons. The number of carbonyl (C=O) groups is 3. The van der Waals surface area contributed by atoms with E-state index in [-0.39, 0.29) is 24.2 Å². The Morgan fingerprint density at radius 2 is 2.17 bits per heavy atom. The molecule has 6 heteroatoms. The van der Waals surface area contributed by atoms with Gasteiger partial charge >= 0.3 is 5.97 Å². The Bertz CT molecular complexity index is 824. The number of fused-ring (bicyclic) bond motifs is 1. The lowest BCUT2D eigenvalue weighted by atomic mass is 9.99. The van der Waals surface area contributed by atoms with Crippen LogP contribution in [0.4, 0.5) is 5.69 Å². The van der Waals surface area contributed by atoms with Gasteiger partial charge < -0.3 is 10.1 Å². The van der Waals surface area contributed by atoms with Crippen molar-refractivity contribution in [2.45, 2.75) is 12.8 Å². The summed E-state index contributed by atoms with van der Waals surface area (Å²) in [6.45, 7) is 1.45. The number of thiophene rings is 1. The van der Waals surface area contributed by atoms with Crippen LogP contribution >= 0.6 is 11.3 Å². The molecular weight excluding hydrogens is 326 g/mol.